The van der Waals surface area contributed by atoms with E-state index in [1.807, 2.05) is 20.8 Å². The zero-order valence-electron chi connectivity index (χ0n) is 40.0. The van der Waals surface area contributed by atoms with Gasteiger partial charge in [-0.15, -0.1) is 0 Å². The van der Waals surface area contributed by atoms with Crippen molar-refractivity contribution < 1.29 is 89.7 Å². The van der Waals surface area contributed by atoms with Crippen molar-refractivity contribution in [1.82, 2.24) is 0 Å². The van der Waals surface area contributed by atoms with Gasteiger partial charge in [0, 0.05) is 0 Å². The Balaban J connectivity index is 1.13. The lowest BCUT2D eigenvalue weighted by Gasteiger charge is -2.71. The molecule has 0 aromatic rings. The van der Waals surface area contributed by atoms with Gasteiger partial charge in [-0.05, 0) is 124 Å². The van der Waals surface area contributed by atoms with Crippen LogP contribution in [0.4, 0.5) is 0 Å². The second-order valence-electron chi connectivity index (χ2n) is 22.9. The van der Waals surface area contributed by atoms with Gasteiger partial charge in [0.1, 0.15) is 73.2 Å². The molecule has 0 amide bonds. The van der Waals surface area contributed by atoms with E-state index in [0.717, 1.165) is 37.7 Å². The van der Waals surface area contributed by atoms with Gasteiger partial charge in [0.2, 0.25) is 0 Å². The molecular weight excluding hydrogens is 865 g/mol. The molecule has 18 heteroatoms. The van der Waals surface area contributed by atoms with Crippen LogP contribution >= 0.6 is 0 Å². The van der Waals surface area contributed by atoms with Gasteiger partial charge in [-0.25, -0.2) is 0 Å². The summed E-state index contributed by atoms with van der Waals surface area (Å²) in [6.07, 6.45) is -15.4. The van der Waals surface area contributed by atoms with Gasteiger partial charge >= 0.3 is 0 Å². The van der Waals surface area contributed by atoms with Crippen LogP contribution in [0, 0.1) is 45.3 Å². The largest absolute Gasteiger partial charge is 0.394 e. The van der Waals surface area contributed by atoms with Crippen LogP contribution in [0.3, 0.4) is 0 Å². The fourth-order valence-electron chi connectivity index (χ4n) is 14.9. The van der Waals surface area contributed by atoms with Crippen molar-refractivity contribution in [2.24, 2.45) is 45.3 Å². The molecule has 15 unspecified atom stereocenters. The average Bonchev–Trinajstić information content (AvgIpc) is 3.65. The molecule has 0 aromatic carbocycles. The number of hydrogen-bond acceptors (Lipinski definition) is 18. The number of allylic oxidation sites excluding steroid dienone is 2. The number of hydrogen-bond donors (Lipinski definition) is 12. The highest BCUT2D eigenvalue weighted by Gasteiger charge is 2.72. The third-order valence-electron chi connectivity index (χ3n) is 18.8. The van der Waals surface area contributed by atoms with Gasteiger partial charge in [0.05, 0.1) is 37.6 Å². The molecule has 3 saturated heterocycles. The lowest BCUT2D eigenvalue weighted by molar-refractivity contribution is -0.378. The minimum Gasteiger partial charge on any atom is -0.394 e. The van der Waals surface area contributed by atoms with Crippen molar-refractivity contribution in [2.75, 3.05) is 19.8 Å². The molecule has 18 nitrogen and oxygen atoms in total. The summed E-state index contributed by atoms with van der Waals surface area (Å²) in [6.45, 7) is 15.5. The van der Waals surface area contributed by atoms with Crippen LogP contribution in [0.2, 0.25) is 0 Å². The second-order valence-corrected chi connectivity index (χ2v) is 22.9. The zero-order chi connectivity index (χ0) is 48.6. The van der Waals surface area contributed by atoms with Crippen molar-refractivity contribution in [3.63, 3.8) is 0 Å². The number of aliphatic hydroxyl groups excluding tert-OH is 12. The monoisotopic (exact) mass is 947 g/mol. The van der Waals surface area contributed by atoms with Crippen molar-refractivity contribution in [3.8, 4) is 0 Å². The number of rotatable bonds is 13. The molecule has 0 aromatic heterocycles. The van der Waals surface area contributed by atoms with E-state index in [-0.39, 0.29) is 39.9 Å². The SMILES string of the molecule is CC(C)=CCC[C@](C)(OC1OC(CO)C(O)C(O)C1O)[C@H]1CC[C@]2(C)[C@@H]1[C@H](O)C[C@@H]1[C@@]3(C)CC[C@H](OC4OC(CO)C(O)C(O)C4OC4OC(CO)C(O)C(O)C4O)C(C)(C)[C@@H]3CC[C@]12C. The topological polar surface area (TPSA) is 298 Å². The number of fused-ring (bicyclic) bond motifs is 5. The molecule has 66 heavy (non-hydrogen) atoms. The maximum absolute atomic E-state index is 12.7. The van der Waals surface area contributed by atoms with Crippen molar-refractivity contribution in [3.05, 3.63) is 11.6 Å². The Morgan fingerprint density at radius 2 is 1.14 bits per heavy atom. The van der Waals surface area contributed by atoms with Gasteiger partial charge < -0.3 is 89.7 Å². The summed E-state index contributed by atoms with van der Waals surface area (Å²) >= 11 is 0. The summed E-state index contributed by atoms with van der Waals surface area (Å²) in [5, 5.41) is 129. The minimum absolute atomic E-state index is 0.0905. The summed E-state index contributed by atoms with van der Waals surface area (Å²) in [7, 11) is 0. The molecular formula is C48H82O18. The van der Waals surface area contributed by atoms with Crippen molar-refractivity contribution >= 4 is 0 Å². The van der Waals surface area contributed by atoms with E-state index >= 15 is 0 Å². The molecule has 0 radical (unpaired) electrons. The third kappa shape index (κ3) is 8.79. The number of ether oxygens (including phenoxy) is 6. The Hall–Kier alpha value is -0.980. The third-order valence-corrected chi connectivity index (χ3v) is 18.8. The van der Waals surface area contributed by atoms with Gasteiger partial charge in [-0.2, -0.15) is 0 Å². The molecule has 7 rings (SSSR count). The Bertz CT molecular complexity index is 1680. The normalized spacial score (nSPS) is 52.4. The van der Waals surface area contributed by atoms with E-state index in [4.69, 9.17) is 28.4 Å². The summed E-state index contributed by atoms with van der Waals surface area (Å²) < 4.78 is 37.2. The van der Waals surface area contributed by atoms with Gasteiger partial charge in [0.25, 0.3) is 0 Å². The highest BCUT2D eigenvalue weighted by molar-refractivity contribution is 5.20. The Labute approximate surface area is 388 Å². The lowest BCUT2D eigenvalue weighted by atomic mass is 9.35. The minimum atomic E-state index is -1.79. The highest BCUT2D eigenvalue weighted by atomic mass is 16.8. The fraction of sp³-hybridized carbons (Fsp3) is 0.958. The summed E-state index contributed by atoms with van der Waals surface area (Å²) in [4.78, 5) is 0. The standard InChI is InChI=1S/C48H82O18/c1-22(2)10-9-14-48(8,66-42-39(60)36(57)33(54)26(20-50)62-42)23-11-16-47(7)31(23)24(52)18-29-45(5)15-13-30(44(3,4)28(45)12-17-46(29,47)6)64-43-40(37(58)34(55)27(21-51)63-43)65-41-38(59)35(56)32(53)25(19-49)61-41/h10,23-43,49-60H,9,11-21H2,1-8H3/t23-,24+,25?,26?,27?,28-,29+,30-,31-,32?,33?,34?,35?,36?,37?,38?,39?,40?,41?,42?,43?,45-,46+,47+,48-/m0/s1. The first-order valence-electron chi connectivity index (χ1n) is 24.4. The molecule has 4 saturated carbocycles. The van der Waals surface area contributed by atoms with Crippen LogP contribution in [0.1, 0.15) is 113 Å². The van der Waals surface area contributed by atoms with Crippen LogP contribution in [0.15, 0.2) is 11.6 Å². The molecule has 12 N–H and O–H groups in total. The molecule has 25 atom stereocenters. The average molecular weight is 947 g/mol. The maximum Gasteiger partial charge on any atom is 0.187 e. The van der Waals surface area contributed by atoms with E-state index < -0.39 is 135 Å². The van der Waals surface area contributed by atoms with E-state index in [1.165, 1.54) is 0 Å². The molecule has 3 heterocycles. The van der Waals surface area contributed by atoms with Crippen LogP contribution in [-0.2, 0) is 28.4 Å². The van der Waals surface area contributed by atoms with Crippen molar-refractivity contribution in [1.29, 1.82) is 0 Å². The first kappa shape index (κ1) is 52.8. The van der Waals surface area contributed by atoms with E-state index in [9.17, 15) is 61.3 Å². The Morgan fingerprint density at radius 3 is 1.71 bits per heavy atom. The molecule has 7 fully saturated rings. The van der Waals surface area contributed by atoms with Crippen LogP contribution < -0.4 is 0 Å². The van der Waals surface area contributed by atoms with Gasteiger partial charge in [-0.1, -0.05) is 46.3 Å². The van der Waals surface area contributed by atoms with Crippen LogP contribution in [0.5, 0.6) is 0 Å². The predicted molar refractivity (Wildman–Crippen MR) is 234 cm³/mol. The lowest BCUT2D eigenvalue weighted by Crippen LogP contribution is -2.68. The highest BCUT2D eigenvalue weighted by Crippen LogP contribution is 2.76. The van der Waals surface area contributed by atoms with Crippen molar-refractivity contribution in [2.45, 2.75) is 223 Å². The second kappa shape index (κ2) is 19.6. The molecule has 0 bridgehead atoms. The molecule has 4 aliphatic carbocycles. The molecule has 382 valence electrons. The summed E-state index contributed by atoms with van der Waals surface area (Å²) in [6, 6.07) is 0. The fourth-order valence-corrected chi connectivity index (χ4v) is 14.9. The Kier molecular flexibility index (Phi) is 15.7. The maximum atomic E-state index is 12.7. The van der Waals surface area contributed by atoms with E-state index in [2.05, 4.69) is 40.7 Å². The van der Waals surface area contributed by atoms with Crippen LogP contribution in [-0.4, -0.2) is 191 Å². The zero-order valence-corrected chi connectivity index (χ0v) is 40.0. The molecule has 3 aliphatic heterocycles. The van der Waals surface area contributed by atoms with E-state index in [1.54, 1.807) is 0 Å². The molecule has 0 spiro atoms. The van der Waals surface area contributed by atoms with E-state index in [0.29, 0.717) is 25.7 Å². The number of aliphatic hydroxyl groups is 12. The first-order valence-corrected chi connectivity index (χ1v) is 24.4. The van der Waals surface area contributed by atoms with Gasteiger partial charge in [-0.3, -0.25) is 0 Å². The van der Waals surface area contributed by atoms with Crippen LogP contribution in [0.25, 0.3) is 0 Å². The quantitative estimate of drug-likeness (QED) is 0.0853. The smallest absolute Gasteiger partial charge is 0.187 e. The summed E-state index contributed by atoms with van der Waals surface area (Å²) in [5.41, 5.74) is -1.12. The summed E-state index contributed by atoms with van der Waals surface area (Å²) in [5.74, 6) is -0.151. The predicted octanol–water partition coefficient (Wildman–Crippen LogP) is -0.0268. The van der Waals surface area contributed by atoms with Gasteiger partial charge in [0.15, 0.2) is 18.9 Å². The first-order chi connectivity index (χ1) is 30.8. The Morgan fingerprint density at radius 1 is 0.606 bits per heavy atom. The molecule has 7 aliphatic rings.